The van der Waals surface area contributed by atoms with Gasteiger partial charge in [0.25, 0.3) is 5.91 Å². The van der Waals surface area contributed by atoms with Crippen LogP contribution in [0.4, 0.5) is 0 Å². The van der Waals surface area contributed by atoms with Crippen molar-refractivity contribution < 1.29 is 13.6 Å². The van der Waals surface area contributed by atoms with Crippen molar-refractivity contribution in [2.45, 2.75) is 13.0 Å². The molecule has 5 heteroatoms. The molecule has 0 aliphatic rings. The lowest BCUT2D eigenvalue weighted by atomic mass is 10.2. The SMILES string of the molecule is CC(c1ccco1)N(C)C(=O)c1ccc(Br)o1. The smallest absolute Gasteiger partial charge is 0.289 e. The van der Waals surface area contributed by atoms with Gasteiger partial charge in [0, 0.05) is 7.05 Å². The van der Waals surface area contributed by atoms with Gasteiger partial charge in [-0.1, -0.05) is 0 Å². The van der Waals surface area contributed by atoms with Crippen molar-refractivity contribution in [2.24, 2.45) is 0 Å². The quantitative estimate of drug-likeness (QED) is 0.871. The van der Waals surface area contributed by atoms with Gasteiger partial charge >= 0.3 is 0 Å². The molecule has 0 saturated carbocycles. The molecule has 0 bridgehead atoms. The number of carbonyl (C=O) groups excluding carboxylic acids is 1. The van der Waals surface area contributed by atoms with Crippen LogP contribution < -0.4 is 0 Å². The van der Waals surface area contributed by atoms with Crippen molar-refractivity contribution in [1.82, 2.24) is 4.90 Å². The van der Waals surface area contributed by atoms with Gasteiger partial charge in [0.05, 0.1) is 12.3 Å². The number of furan rings is 2. The Kier molecular flexibility index (Phi) is 3.38. The van der Waals surface area contributed by atoms with E-state index in [0.29, 0.717) is 10.4 Å². The Balaban J connectivity index is 2.15. The van der Waals surface area contributed by atoms with Gasteiger partial charge in [-0.3, -0.25) is 4.79 Å². The molecule has 0 spiro atoms. The maximum absolute atomic E-state index is 12.1. The maximum atomic E-state index is 12.1. The molecule has 0 fully saturated rings. The lowest BCUT2D eigenvalue weighted by molar-refractivity contribution is 0.0692. The molecule has 90 valence electrons. The topological polar surface area (TPSA) is 46.6 Å². The van der Waals surface area contributed by atoms with Crippen LogP contribution in [0.3, 0.4) is 0 Å². The van der Waals surface area contributed by atoms with Crippen molar-refractivity contribution in [2.75, 3.05) is 7.05 Å². The third-order valence-electron chi connectivity index (χ3n) is 2.64. The summed E-state index contributed by atoms with van der Waals surface area (Å²) in [4.78, 5) is 13.6. The van der Waals surface area contributed by atoms with Crippen molar-refractivity contribution in [1.29, 1.82) is 0 Å². The number of hydrogen-bond acceptors (Lipinski definition) is 3. The van der Waals surface area contributed by atoms with E-state index in [1.54, 1.807) is 36.4 Å². The number of amides is 1. The second-order valence-corrected chi connectivity index (χ2v) is 4.49. The van der Waals surface area contributed by atoms with Gasteiger partial charge in [-0.2, -0.15) is 0 Å². The predicted molar refractivity (Wildman–Crippen MR) is 65.6 cm³/mol. The average molecular weight is 298 g/mol. The highest BCUT2D eigenvalue weighted by molar-refractivity contribution is 9.10. The van der Waals surface area contributed by atoms with Gasteiger partial charge in [-0.05, 0) is 47.1 Å². The lowest BCUT2D eigenvalue weighted by Gasteiger charge is -2.22. The van der Waals surface area contributed by atoms with Gasteiger partial charge < -0.3 is 13.7 Å². The molecule has 17 heavy (non-hydrogen) atoms. The standard InChI is InChI=1S/C12H12BrNO3/c1-8(9-4-3-7-16-9)14(2)12(15)10-5-6-11(13)17-10/h3-8H,1-2H3. The fraction of sp³-hybridized carbons (Fsp3) is 0.250. The van der Waals surface area contributed by atoms with E-state index in [1.165, 1.54) is 0 Å². The summed E-state index contributed by atoms with van der Waals surface area (Å²) >= 11 is 3.17. The van der Waals surface area contributed by atoms with Gasteiger partial charge in [0.15, 0.2) is 10.4 Å². The second-order valence-electron chi connectivity index (χ2n) is 3.71. The Morgan fingerprint density at radius 2 is 2.18 bits per heavy atom. The molecule has 1 amide bonds. The lowest BCUT2D eigenvalue weighted by Crippen LogP contribution is -2.29. The van der Waals surface area contributed by atoms with Gasteiger partial charge in [-0.15, -0.1) is 0 Å². The third kappa shape index (κ3) is 2.44. The minimum Gasteiger partial charge on any atom is -0.467 e. The van der Waals surface area contributed by atoms with Crippen LogP contribution >= 0.6 is 15.9 Å². The predicted octanol–water partition coefficient (Wildman–Crippen LogP) is 3.47. The average Bonchev–Trinajstić information content (AvgIpc) is 2.96. The molecular formula is C12H12BrNO3. The molecule has 0 aliphatic heterocycles. The summed E-state index contributed by atoms with van der Waals surface area (Å²) in [6, 6.07) is 6.83. The van der Waals surface area contributed by atoms with Gasteiger partial charge in [0.1, 0.15) is 5.76 Å². The Morgan fingerprint density at radius 1 is 1.41 bits per heavy atom. The van der Waals surface area contributed by atoms with E-state index in [1.807, 2.05) is 13.0 Å². The summed E-state index contributed by atoms with van der Waals surface area (Å²) in [7, 11) is 1.71. The summed E-state index contributed by atoms with van der Waals surface area (Å²) in [5.74, 6) is 0.865. The molecule has 0 N–H and O–H groups in total. The molecule has 2 heterocycles. The summed E-state index contributed by atoms with van der Waals surface area (Å²) in [5, 5.41) is 0. The van der Waals surface area contributed by atoms with Gasteiger partial charge in [-0.25, -0.2) is 0 Å². The zero-order chi connectivity index (χ0) is 12.4. The number of hydrogen-bond donors (Lipinski definition) is 0. The molecule has 0 radical (unpaired) electrons. The Bertz CT molecular complexity index is 504. The zero-order valence-corrected chi connectivity index (χ0v) is 11.1. The normalized spacial score (nSPS) is 12.4. The number of rotatable bonds is 3. The molecule has 1 atom stereocenters. The van der Waals surface area contributed by atoms with Crippen molar-refractivity contribution in [3.63, 3.8) is 0 Å². The highest BCUT2D eigenvalue weighted by atomic mass is 79.9. The number of halogens is 1. The Morgan fingerprint density at radius 3 is 2.71 bits per heavy atom. The van der Waals surface area contributed by atoms with Crippen LogP contribution in [0.2, 0.25) is 0 Å². The molecule has 2 aromatic heterocycles. The fourth-order valence-electron chi connectivity index (χ4n) is 1.50. The van der Waals surface area contributed by atoms with E-state index < -0.39 is 0 Å². The summed E-state index contributed by atoms with van der Waals surface area (Å²) < 4.78 is 11.0. The van der Waals surface area contributed by atoms with Crippen molar-refractivity contribution in [3.05, 3.63) is 46.7 Å². The molecule has 2 aromatic rings. The van der Waals surface area contributed by atoms with Crippen molar-refractivity contribution in [3.8, 4) is 0 Å². The fourth-order valence-corrected chi connectivity index (χ4v) is 1.81. The molecule has 0 aliphatic carbocycles. The Labute approximate surface area is 107 Å². The molecule has 0 aromatic carbocycles. The van der Waals surface area contributed by atoms with Crippen LogP contribution in [0, 0.1) is 0 Å². The first kappa shape index (κ1) is 12.0. The minimum atomic E-state index is -0.181. The van der Waals surface area contributed by atoms with Crippen molar-refractivity contribution >= 4 is 21.8 Å². The van der Waals surface area contributed by atoms with Crippen LogP contribution in [-0.2, 0) is 0 Å². The van der Waals surface area contributed by atoms with E-state index in [-0.39, 0.29) is 11.9 Å². The van der Waals surface area contributed by atoms with Crippen LogP contribution in [0.5, 0.6) is 0 Å². The highest BCUT2D eigenvalue weighted by Crippen LogP contribution is 2.22. The molecule has 0 saturated heterocycles. The third-order valence-corrected chi connectivity index (χ3v) is 3.07. The van der Waals surface area contributed by atoms with E-state index in [2.05, 4.69) is 15.9 Å². The Hall–Kier alpha value is -1.49. The summed E-state index contributed by atoms with van der Waals surface area (Å²) in [6.07, 6.45) is 1.59. The number of nitrogens with zero attached hydrogens (tertiary/aromatic N) is 1. The van der Waals surface area contributed by atoms with Crippen LogP contribution in [0.25, 0.3) is 0 Å². The summed E-state index contributed by atoms with van der Waals surface area (Å²) in [6.45, 7) is 1.90. The number of carbonyl (C=O) groups is 1. The molecule has 1 unspecified atom stereocenters. The molecular weight excluding hydrogens is 286 g/mol. The first-order chi connectivity index (χ1) is 8.09. The first-order valence-corrected chi connectivity index (χ1v) is 5.95. The largest absolute Gasteiger partial charge is 0.467 e. The van der Waals surface area contributed by atoms with Gasteiger partial charge in [0.2, 0.25) is 0 Å². The molecule has 2 rings (SSSR count). The zero-order valence-electron chi connectivity index (χ0n) is 9.51. The van der Waals surface area contributed by atoms with E-state index in [4.69, 9.17) is 8.83 Å². The van der Waals surface area contributed by atoms with E-state index in [0.717, 1.165) is 5.76 Å². The monoisotopic (exact) mass is 297 g/mol. The second kappa shape index (κ2) is 4.79. The highest BCUT2D eigenvalue weighted by Gasteiger charge is 2.22. The van der Waals surface area contributed by atoms with Crippen LogP contribution in [0.15, 0.2) is 44.0 Å². The van der Waals surface area contributed by atoms with Crippen LogP contribution in [0.1, 0.15) is 29.3 Å². The minimum absolute atomic E-state index is 0.138. The summed E-state index contributed by atoms with van der Waals surface area (Å²) in [5.41, 5.74) is 0. The maximum Gasteiger partial charge on any atom is 0.289 e. The van der Waals surface area contributed by atoms with E-state index >= 15 is 0 Å². The first-order valence-electron chi connectivity index (χ1n) is 5.15. The van der Waals surface area contributed by atoms with E-state index in [9.17, 15) is 4.79 Å². The van der Waals surface area contributed by atoms with Crippen LogP contribution in [-0.4, -0.2) is 17.9 Å². The molecule has 4 nitrogen and oxygen atoms in total.